The van der Waals surface area contributed by atoms with Gasteiger partial charge < -0.3 is 5.32 Å². The molecule has 78 valence electrons. The third kappa shape index (κ3) is 2.33. The van der Waals surface area contributed by atoms with E-state index in [1.807, 2.05) is 6.07 Å². The summed E-state index contributed by atoms with van der Waals surface area (Å²) in [6.45, 7) is 2.37. The molecule has 0 aliphatic heterocycles. The normalized spacial score (nSPS) is 10.3. The first-order chi connectivity index (χ1) is 7.27. The monoisotopic (exact) mass is 222 g/mol. The van der Waals surface area contributed by atoms with E-state index in [9.17, 15) is 4.39 Å². The highest BCUT2D eigenvalue weighted by Crippen LogP contribution is 2.18. The molecule has 1 heterocycles. The second-order valence-corrected chi connectivity index (χ2v) is 4.23. The number of rotatable bonds is 3. The molecule has 1 aromatic carbocycles. The lowest BCUT2D eigenvalue weighted by atomic mass is 10.2. The van der Waals surface area contributed by atoms with Crippen molar-refractivity contribution in [3.63, 3.8) is 0 Å². The Morgan fingerprint density at radius 3 is 3.07 bits per heavy atom. The largest absolute Gasteiger partial charge is 0.378 e. The van der Waals surface area contributed by atoms with Crippen LogP contribution in [0.5, 0.6) is 0 Å². The van der Waals surface area contributed by atoms with Gasteiger partial charge >= 0.3 is 0 Å². The third-order valence-corrected chi connectivity index (χ3v) is 2.91. The minimum absolute atomic E-state index is 0.179. The van der Waals surface area contributed by atoms with Crippen molar-refractivity contribution >= 4 is 17.0 Å². The standard InChI is InChI=1S/C11H11FN2S/c1-8-3-2-4-10(11(8)12)14-6-9-5-13-7-15-9/h2-5,7,14H,6H2,1H3. The van der Waals surface area contributed by atoms with E-state index in [0.29, 0.717) is 17.8 Å². The maximum atomic E-state index is 13.6. The van der Waals surface area contributed by atoms with E-state index in [0.717, 1.165) is 4.88 Å². The van der Waals surface area contributed by atoms with Gasteiger partial charge in [0.15, 0.2) is 0 Å². The number of halogens is 1. The summed E-state index contributed by atoms with van der Waals surface area (Å²) in [6, 6.07) is 5.34. The van der Waals surface area contributed by atoms with Gasteiger partial charge in [0, 0.05) is 11.1 Å². The van der Waals surface area contributed by atoms with Crippen LogP contribution < -0.4 is 5.32 Å². The molecule has 0 unspecified atom stereocenters. The Kier molecular flexibility index (Phi) is 2.97. The van der Waals surface area contributed by atoms with Crippen LogP contribution in [-0.2, 0) is 6.54 Å². The molecule has 0 aliphatic rings. The van der Waals surface area contributed by atoms with E-state index >= 15 is 0 Å². The van der Waals surface area contributed by atoms with E-state index in [1.165, 1.54) is 0 Å². The second kappa shape index (κ2) is 4.40. The number of benzene rings is 1. The number of hydrogen-bond acceptors (Lipinski definition) is 3. The molecule has 0 bridgehead atoms. The Labute approximate surface area is 91.8 Å². The van der Waals surface area contributed by atoms with E-state index in [-0.39, 0.29) is 5.82 Å². The molecule has 0 atom stereocenters. The first kappa shape index (κ1) is 10.1. The van der Waals surface area contributed by atoms with Crippen LogP contribution in [0.2, 0.25) is 0 Å². The Morgan fingerprint density at radius 2 is 2.33 bits per heavy atom. The lowest BCUT2D eigenvalue weighted by Gasteiger charge is -2.07. The van der Waals surface area contributed by atoms with Gasteiger partial charge in [0.25, 0.3) is 0 Å². The molecule has 0 saturated carbocycles. The summed E-state index contributed by atoms with van der Waals surface area (Å²) in [5.74, 6) is -0.179. The van der Waals surface area contributed by atoms with Gasteiger partial charge in [-0.05, 0) is 18.6 Å². The van der Waals surface area contributed by atoms with Gasteiger partial charge in [-0.2, -0.15) is 0 Å². The molecule has 0 saturated heterocycles. The maximum absolute atomic E-state index is 13.6. The number of aromatic nitrogens is 1. The zero-order valence-corrected chi connectivity index (χ0v) is 9.14. The van der Waals surface area contributed by atoms with Crippen LogP contribution >= 0.6 is 11.3 Å². The van der Waals surface area contributed by atoms with E-state index in [2.05, 4.69) is 10.3 Å². The average molecular weight is 222 g/mol. The molecule has 4 heteroatoms. The fraction of sp³-hybridized carbons (Fsp3) is 0.182. The zero-order chi connectivity index (χ0) is 10.7. The van der Waals surface area contributed by atoms with Gasteiger partial charge in [0.05, 0.1) is 17.7 Å². The molecule has 0 radical (unpaired) electrons. The SMILES string of the molecule is Cc1cccc(NCc2cncs2)c1F. The molecule has 1 N–H and O–H groups in total. The highest BCUT2D eigenvalue weighted by molar-refractivity contribution is 7.09. The van der Waals surface area contributed by atoms with Crippen molar-refractivity contribution in [2.75, 3.05) is 5.32 Å². The topological polar surface area (TPSA) is 24.9 Å². The molecular weight excluding hydrogens is 211 g/mol. The van der Waals surface area contributed by atoms with Crippen molar-refractivity contribution in [2.24, 2.45) is 0 Å². The summed E-state index contributed by atoms with van der Waals surface area (Å²) in [4.78, 5) is 5.05. The lowest BCUT2D eigenvalue weighted by Crippen LogP contribution is -2.00. The van der Waals surface area contributed by atoms with Crippen LogP contribution in [0, 0.1) is 12.7 Å². The average Bonchev–Trinajstić information content (AvgIpc) is 2.73. The summed E-state index contributed by atoms with van der Waals surface area (Å²) in [5, 5.41) is 3.05. The van der Waals surface area contributed by atoms with Crippen LogP contribution in [0.15, 0.2) is 29.9 Å². The van der Waals surface area contributed by atoms with Crippen molar-refractivity contribution in [1.29, 1.82) is 0 Å². The number of nitrogens with zero attached hydrogens (tertiary/aromatic N) is 1. The predicted molar refractivity (Wildman–Crippen MR) is 60.6 cm³/mol. The Balaban J connectivity index is 2.08. The van der Waals surface area contributed by atoms with E-state index < -0.39 is 0 Å². The minimum Gasteiger partial charge on any atom is -0.378 e. The van der Waals surface area contributed by atoms with Crippen molar-refractivity contribution in [3.05, 3.63) is 46.2 Å². The van der Waals surface area contributed by atoms with Gasteiger partial charge in [-0.25, -0.2) is 4.39 Å². The number of hydrogen-bond donors (Lipinski definition) is 1. The highest BCUT2D eigenvalue weighted by atomic mass is 32.1. The Bertz CT molecular complexity index is 440. The molecular formula is C11H11FN2S. The second-order valence-electron chi connectivity index (χ2n) is 3.26. The number of thiazole rings is 1. The fourth-order valence-corrected chi connectivity index (χ4v) is 1.83. The Hall–Kier alpha value is -1.42. The fourth-order valence-electron chi connectivity index (χ4n) is 1.30. The van der Waals surface area contributed by atoms with Crippen LogP contribution in [0.3, 0.4) is 0 Å². The number of nitrogens with one attached hydrogen (secondary N) is 1. The smallest absolute Gasteiger partial charge is 0.149 e. The van der Waals surface area contributed by atoms with Crippen molar-refractivity contribution < 1.29 is 4.39 Å². The molecule has 0 fully saturated rings. The molecule has 0 amide bonds. The van der Waals surface area contributed by atoms with Gasteiger partial charge in [-0.3, -0.25) is 4.98 Å². The van der Waals surface area contributed by atoms with E-state index in [4.69, 9.17) is 0 Å². The van der Waals surface area contributed by atoms with Crippen LogP contribution in [-0.4, -0.2) is 4.98 Å². The van der Waals surface area contributed by atoms with Crippen LogP contribution in [0.25, 0.3) is 0 Å². The van der Waals surface area contributed by atoms with Crippen molar-refractivity contribution in [1.82, 2.24) is 4.98 Å². The van der Waals surface area contributed by atoms with Gasteiger partial charge in [-0.15, -0.1) is 11.3 Å². The molecule has 0 aliphatic carbocycles. The van der Waals surface area contributed by atoms with Gasteiger partial charge in [-0.1, -0.05) is 12.1 Å². The molecule has 2 aromatic rings. The summed E-state index contributed by atoms with van der Waals surface area (Å²) < 4.78 is 13.6. The summed E-state index contributed by atoms with van der Waals surface area (Å²) >= 11 is 1.56. The minimum atomic E-state index is -0.179. The molecule has 2 nitrogen and oxygen atoms in total. The first-order valence-electron chi connectivity index (χ1n) is 4.64. The Morgan fingerprint density at radius 1 is 1.47 bits per heavy atom. The summed E-state index contributed by atoms with van der Waals surface area (Å²) in [6.07, 6.45) is 1.78. The number of aryl methyl sites for hydroxylation is 1. The third-order valence-electron chi connectivity index (χ3n) is 2.13. The quantitative estimate of drug-likeness (QED) is 0.862. The zero-order valence-electron chi connectivity index (χ0n) is 8.33. The molecule has 1 aromatic heterocycles. The first-order valence-corrected chi connectivity index (χ1v) is 5.51. The van der Waals surface area contributed by atoms with Crippen LogP contribution in [0.1, 0.15) is 10.4 Å². The summed E-state index contributed by atoms with van der Waals surface area (Å²) in [5.41, 5.74) is 2.97. The maximum Gasteiger partial charge on any atom is 0.149 e. The van der Waals surface area contributed by atoms with E-state index in [1.54, 1.807) is 42.1 Å². The van der Waals surface area contributed by atoms with Gasteiger partial charge in [0.1, 0.15) is 5.82 Å². The number of anilines is 1. The van der Waals surface area contributed by atoms with Gasteiger partial charge in [0.2, 0.25) is 0 Å². The lowest BCUT2D eigenvalue weighted by molar-refractivity contribution is 0.621. The predicted octanol–water partition coefficient (Wildman–Crippen LogP) is 3.20. The molecule has 15 heavy (non-hydrogen) atoms. The highest BCUT2D eigenvalue weighted by Gasteiger charge is 2.03. The molecule has 0 spiro atoms. The van der Waals surface area contributed by atoms with Crippen molar-refractivity contribution in [2.45, 2.75) is 13.5 Å². The van der Waals surface area contributed by atoms with Crippen molar-refractivity contribution in [3.8, 4) is 0 Å². The summed E-state index contributed by atoms with van der Waals surface area (Å²) in [7, 11) is 0. The molecule has 2 rings (SSSR count). The van der Waals surface area contributed by atoms with Crippen LogP contribution in [0.4, 0.5) is 10.1 Å².